The Bertz CT molecular complexity index is 482. The number of carbonyl (C=O) groups is 5. The first-order valence-electron chi connectivity index (χ1n) is 9.01. The van der Waals surface area contributed by atoms with E-state index in [2.05, 4.69) is 0 Å². The zero-order valence-corrected chi connectivity index (χ0v) is 20.5. The summed E-state index contributed by atoms with van der Waals surface area (Å²) in [5.74, 6) is -0.271. The van der Waals surface area contributed by atoms with Crippen LogP contribution >= 0.6 is 0 Å². The second kappa shape index (κ2) is 16.1. The Morgan fingerprint density at radius 2 is 0.929 bits per heavy atom. The third kappa shape index (κ3) is 17.3. The fourth-order valence-corrected chi connectivity index (χ4v) is 2.71. The van der Waals surface area contributed by atoms with E-state index in [1.807, 2.05) is 4.90 Å². The number of hydrogen-bond donors (Lipinski definition) is 0. The summed E-state index contributed by atoms with van der Waals surface area (Å²) in [4.78, 5) is 62.3. The predicted octanol–water partition coefficient (Wildman–Crippen LogP) is -0.00331. The van der Waals surface area contributed by atoms with E-state index in [9.17, 15) is 24.0 Å². The number of nitrogens with zero attached hydrogens (tertiary/aromatic N) is 3. The Morgan fingerprint density at radius 3 is 1.32 bits per heavy atom. The molecule has 0 saturated heterocycles. The van der Waals surface area contributed by atoms with Crippen LogP contribution < -0.4 is 0 Å². The molecular formula is C19H32N3O5Y-. The molecule has 0 aliphatic carbocycles. The van der Waals surface area contributed by atoms with Crippen molar-refractivity contribution in [2.24, 2.45) is 0 Å². The third-order valence-electron chi connectivity index (χ3n) is 3.56. The quantitative estimate of drug-likeness (QED) is 0.291. The zero-order valence-electron chi connectivity index (χ0n) is 17.7. The first-order chi connectivity index (χ1) is 12.5. The Morgan fingerprint density at radius 1 is 0.571 bits per heavy atom. The van der Waals surface area contributed by atoms with E-state index in [1.165, 1.54) is 41.2 Å². The van der Waals surface area contributed by atoms with Crippen molar-refractivity contribution in [3.8, 4) is 0 Å². The number of Topliss-reactive ketones (excluding diaryl/α,β-unsaturated/α-hetero) is 5. The maximum Gasteiger partial charge on any atom is 0.143 e. The summed E-state index contributed by atoms with van der Waals surface area (Å²) in [6.07, 6.45) is 0. The molecule has 157 valence electrons. The summed E-state index contributed by atoms with van der Waals surface area (Å²) in [5, 5.41) is 0. The molecule has 0 aliphatic heterocycles. The summed E-state index contributed by atoms with van der Waals surface area (Å²) >= 11 is 0. The molecule has 1 radical (unpaired) electrons. The van der Waals surface area contributed by atoms with Crippen LogP contribution in [-0.2, 0) is 56.7 Å². The number of rotatable bonds is 16. The van der Waals surface area contributed by atoms with E-state index in [0.29, 0.717) is 26.2 Å². The Kier molecular flexibility index (Phi) is 16.9. The van der Waals surface area contributed by atoms with E-state index >= 15 is 0 Å². The Labute approximate surface area is 193 Å². The number of ketones is 5. The van der Waals surface area contributed by atoms with Gasteiger partial charge in [0.05, 0.1) is 19.6 Å². The molecule has 0 amide bonds. The smallest absolute Gasteiger partial charge is 0.143 e. The van der Waals surface area contributed by atoms with Gasteiger partial charge >= 0.3 is 0 Å². The molecule has 0 bridgehead atoms. The van der Waals surface area contributed by atoms with Crippen molar-refractivity contribution in [2.45, 2.75) is 34.6 Å². The van der Waals surface area contributed by atoms with Gasteiger partial charge in [-0.3, -0.25) is 35.5 Å². The van der Waals surface area contributed by atoms with Crippen molar-refractivity contribution in [3.05, 3.63) is 6.54 Å². The molecule has 0 rings (SSSR count). The Balaban J connectivity index is 0. The van der Waals surface area contributed by atoms with Gasteiger partial charge in [0, 0.05) is 64.7 Å². The first kappa shape index (κ1) is 29.4. The summed E-state index contributed by atoms with van der Waals surface area (Å²) < 4.78 is 0. The van der Waals surface area contributed by atoms with Crippen LogP contribution in [0.2, 0.25) is 0 Å². The fraction of sp³-hybridized carbons (Fsp3) is 0.684. The monoisotopic (exact) mass is 471 g/mol. The number of hydrogen-bond acceptors (Lipinski definition) is 8. The first-order valence-corrected chi connectivity index (χ1v) is 9.01. The molecule has 9 heteroatoms. The molecule has 0 aromatic heterocycles. The fourth-order valence-electron chi connectivity index (χ4n) is 2.71. The van der Waals surface area contributed by atoms with Crippen molar-refractivity contribution in [3.63, 3.8) is 0 Å². The second-order valence-corrected chi connectivity index (χ2v) is 7.01. The van der Waals surface area contributed by atoms with E-state index in [4.69, 9.17) is 0 Å². The minimum absolute atomic E-state index is 0. The third-order valence-corrected chi connectivity index (χ3v) is 3.56. The maximum atomic E-state index is 11.6. The van der Waals surface area contributed by atoms with Crippen LogP contribution in [-0.4, -0.2) is 96.0 Å². The second-order valence-electron chi connectivity index (χ2n) is 7.01. The minimum atomic E-state index is -0.150. The maximum absolute atomic E-state index is 11.6. The topological polar surface area (TPSA) is 95.1 Å². The van der Waals surface area contributed by atoms with Gasteiger partial charge in [-0.25, -0.2) is 0 Å². The van der Waals surface area contributed by atoms with E-state index < -0.39 is 0 Å². The number of carbonyl (C=O) groups excluding carboxylic acids is 5. The molecule has 0 heterocycles. The molecule has 0 N–H and O–H groups in total. The largest absolute Gasteiger partial charge is 0.427 e. The van der Waals surface area contributed by atoms with Crippen LogP contribution in [0.3, 0.4) is 0 Å². The molecule has 0 saturated carbocycles. The molecule has 0 aromatic rings. The van der Waals surface area contributed by atoms with Crippen molar-refractivity contribution in [2.75, 3.05) is 52.4 Å². The normalized spacial score (nSPS) is 10.7. The SMILES string of the molecule is CC(=O)[CH-]N(CCN(CCN(CC(C)=O)CC(C)=O)CC(C)=O)CC(C)=O.[Y]. The molecule has 0 aliphatic rings. The van der Waals surface area contributed by atoms with Crippen LogP contribution in [0.5, 0.6) is 0 Å². The van der Waals surface area contributed by atoms with Crippen molar-refractivity contribution < 1.29 is 56.7 Å². The molecule has 0 unspecified atom stereocenters. The van der Waals surface area contributed by atoms with Gasteiger partial charge in [-0.05, 0) is 41.2 Å². The van der Waals surface area contributed by atoms with Crippen LogP contribution in [0.15, 0.2) is 0 Å². The van der Waals surface area contributed by atoms with E-state index in [1.54, 1.807) is 9.80 Å². The van der Waals surface area contributed by atoms with Crippen LogP contribution in [0.4, 0.5) is 0 Å². The molecule has 0 aromatic carbocycles. The van der Waals surface area contributed by atoms with Gasteiger partial charge in [0.2, 0.25) is 0 Å². The molecule has 0 atom stereocenters. The summed E-state index contributed by atoms with van der Waals surface area (Å²) in [5.41, 5.74) is 0. The zero-order chi connectivity index (χ0) is 21.0. The summed E-state index contributed by atoms with van der Waals surface area (Å²) in [6, 6.07) is 0. The van der Waals surface area contributed by atoms with Crippen LogP contribution in [0, 0.1) is 6.54 Å². The van der Waals surface area contributed by atoms with E-state index in [0.717, 1.165) is 0 Å². The standard InChI is InChI=1S/C19H32N3O5.Y/c1-15(23)10-20(6-8-21(11-16(2)24)12-17(3)25)7-9-22(13-18(4)26)14-19(5)27;/h11H,6-10,12-14H2,1-5H3;/q-1;. The van der Waals surface area contributed by atoms with Gasteiger partial charge in [0.25, 0.3) is 0 Å². The van der Waals surface area contributed by atoms with Gasteiger partial charge in [-0.15, -0.1) is 0 Å². The molecule has 0 spiro atoms. The summed E-state index contributed by atoms with van der Waals surface area (Å²) in [7, 11) is 0. The average molecular weight is 471 g/mol. The Hall–Kier alpha value is -0.796. The van der Waals surface area contributed by atoms with Gasteiger partial charge in [-0.1, -0.05) is 0 Å². The van der Waals surface area contributed by atoms with Crippen LogP contribution in [0.1, 0.15) is 34.6 Å². The van der Waals surface area contributed by atoms with Gasteiger partial charge in [-0.2, -0.15) is 0 Å². The van der Waals surface area contributed by atoms with Gasteiger partial charge in [0.1, 0.15) is 23.1 Å². The van der Waals surface area contributed by atoms with E-state index in [-0.39, 0.29) is 87.8 Å². The minimum Gasteiger partial charge on any atom is -0.427 e. The van der Waals surface area contributed by atoms with Gasteiger partial charge in [0.15, 0.2) is 0 Å². The van der Waals surface area contributed by atoms with Crippen molar-refractivity contribution >= 4 is 28.9 Å². The predicted molar refractivity (Wildman–Crippen MR) is 102 cm³/mol. The van der Waals surface area contributed by atoms with Crippen molar-refractivity contribution in [1.29, 1.82) is 0 Å². The molecular weight excluding hydrogens is 439 g/mol. The van der Waals surface area contributed by atoms with Crippen molar-refractivity contribution in [1.82, 2.24) is 14.7 Å². The molecule has 0 fully saturated rings. The molecule has 8 nitrogen and oxygen atoms in total. The summed E-state index contributed by atoms with van der Waals surface area (Å²) in [6.45, 7) is 11.3. The van der Waals surface area contributed by atoms with Crippen LogP contribution in [0.25, 0.3) is 0 Å². The average Bonchev–Trinajstić information content (AvgIpc) is 2.46. The molecule has 28 heavy (non-hydrogen) atoms. The van der Waals surface area contributed by atoms with Gasteiger partial charge < -0.3 is 9.69 Å².